The first kappa shape index (κ1) is 21.2. The molecular formula is C17H26IN5O2. The summed E-state index contributed by atoms with van der Waals surface area (Å²) in [7, 11) is 7.81. The summed E-state index contributed by atoms with van der Waals surface area (Å²) in [5, 5.41) is 2.72. The third kappa shape index (κ3) is 5.87. The summed E-state index contributed by atoms with van der Waals surface area (Å²) in [6.45, 7) is 1.73. The van der Waals surface area contributed by atoms with Crippen LogP contribution >= 0.6 is 24.0 Å². The van der Waals surface area contributed by atoms with Gasteiger partial charge >= 0.3 is 0 Å². The highest BCUT2D eigenvalue weighted by Crippen LogP contribution is 2.10. The molecule has 1 aliphatic rings. The molecule has 0 radical (unpaired) electrons. The molecule has 0 unspecified atom stereocenters. The van der Waals surface area contributed by atoms with Gasteiger partial charge in [-0.3, -0.25) is 9.59 Å². The number of halogens is 1. The average Bonchev–Trinajstić information content (AvgIpc) is 2.54. The number of amides is 2. The Balaban J connectivity index is 0.00000312. The second kappa shape index (κ2) is 9.59. The molecule has 2 amide bonds. The normalized spacial score (nSPS) is 13.4. The van der Waals surface area contributed by atoms with E-state index in [2.05, 4.69) is 10.3 Å². The zero-order chi connectivity index (χ0) is 17.7. The number of guanidine groups is 1. The van der Waals surface area contributed by atoms with E-state index < -0.39 is 0 Å². The number of hydrogen-bond acceptors (Lipinski definition) is 3. The molecule has 1 saturated heterocycles. The number of aliphatic imine (C=N–C) groups is 1. The first-order valence-electron chi connectivity index (χ1n) is 7.92. The van der Waals surface area contributed by atoms with Gasteiger partial charge in [0, 0.05) is 46.8 Å². The minimum Gasteiger partial charge on any atom is -0.353 e. The minimum absolute atomic E-state index is 0. The summed E-state index contributed by atoms with van der Waals surface area (Å²) >= 11 is 0. The molecule has 0 spiro atoms. The summed E-state index contributed by atoms with van der Waals surface area (Å²) in [4.78, 5) is 33.9. The molecule has 8 heteroatoms. The summed E-state index contributed by atoms with van der Waals surface area (Å²) < 4.78 is 0. The lowest BCUT2D eigenvalue weighted by atomic mass is 10.1. The van der Waals surface area contributed by atoms with Gasteiger partial charge in [0.1, 0.15) is 0 Å². The number of carbonyl (C=O) groups is 2. The lowest BCUT2D eigenvalue weighted by molar-refractivity contribution is -0.123. The van der Waals surface area contributed by atoms with Gasteiger partial charge in [0.2, 0.25) is 5.91 Å². The van der Waals surface area contributed by atoms with E-state index in [0.29, 0.717) is 25.2 Å². The molecule has 7 nitrogen and oxygen atoms in total. The minimum atomic E-state index is -0.111. The monoisotopic (exact) mass is 459 g/mol. The van der Waals surface area contributed by atoms with Crippen LogP contribution in [0.5, 0.6) is 0 Å². The van der Waals surface area contributed by atoms with Crippen molar-refractivity contribution in [2.75, 3.05) is 47.8 Å². The molecule has 1 heterocycles. The Hall–Kier alpha value is -1.84. The van der Waals surface area contributed by atoms with Gasteiger partial charge < -0.3 is 20.0 Å². The second-order valence-corrected chi connectivity index (χ2v) is 6.18. The van der Waals surface area contributed by atoms with Crippen LogP contribution < -0.4 is 5.32 Å². The Morgan fingerprint density at radius 2 is 1.76 bits per heavy atom. The van der Waals surface area contributed by atoms with Gasteiger partial charge in [-0.2, -0.15) is 0 Å². The van der Waals surface area contributed by atoms with Crippen molar-refractivity contribution in [1.82, 2.24) is 20.0 Å². The van der Waals surface area contributed by atoms with Gasteiger partial charge in [-0.15, -0.1) is 24.0 Å². The van der Waals surface area contributed by atoms with Crippen LogP contribution in [0.15, 0.2) is 29.3 Å². The Morgan fingerprint density at radius 1 is 1.16 bits per heavy atom. The van der Waals surface area contributed by atoms with Crippen LogP contribution in [0, 0.1) is 0 Å². The van der Waals surface area contributed by atoms with Crippen molar-refractivity contribution in [3.8, 4) is 0 Å². The van der Waals surface area contributed by atoms with E-state index in [4.69, 9.17) is 0 Å². The molecule has 1 aromatic rings. The largest absolute Gasteiger partial charge is 0.353 e. The van der Waals surface area contributed by atoms with Crippen LogP contribution in [0.4, 0.5) is 0 Å². The highest BCUT2D eigenvalue weighted by Gasteiger charge is 2.22. The molecule has 0 bridgehead atoms. The fourth-order valence-corrected chi connectivity index (χ4v) is 2.59. The molecule has 0 aromatic heterocycles. The standard InChI is InChI=1S/C17H25N5O2.HI/c1-20(2)17(21(3)4)19-11-13-5-7-14(8-6-13)16(24)22-10-9-18-15(23)12-22;/h5-8H,9-12H2,1-4H3,(H,18,23);1H. The molecule has 1 fully saturated rings. The van der Waals surface area contributed by atoms with Gasteiger partial charge in [-0.25, -0.2) is 4.99 Å². The Morgan fingerprint density at radius 3 is 2.28 bits per heavy atom. The highest BCUT2D eigenvalue weighted by atomic mass is 127. The summed E-state index contributed by atoms with van der Waals surface area (Å²) in [6.07, 6.45) is 0. The van der Waals surface area contributed by atoms with Gasteiger partial charge in [-0.1, -0.05) is 12.1 Å². The second-order valence-electron chi connectivity index (χ2n) is 6.18. The molecule has 0 aliphatic carbocycles. The third-order valence-electron chi connectivity index (χ3n) is 3.73. The van der Waals surface area contributed by atoms with Crippen LogP contribution in [0.1, 0.15) is 15.9 Å². The van der Waals surface area contributed by atoms with Gasteiger partial charge in [0.05, 0.1) is 13.1 Å². The molecular weight excluding hydrogens is 433 g/mol. The van der Waals surface area contributed by atoms with Crippen molar-refractivity contribution in [3.63, 3.8) is 0 Å². The quantitative estimate of drug-likeness (QED) is 0.414. The molecule has 1 N–H and O–H groups in total. The predicted molar refractivity (Wildman–Crippen MR) is 109 cm³/mol. The average molecular weight is 459 g/mol. The molecule has 25 heavy (non-hydrogen) atoms. The summed E-state index contributed by atoms with van der Waals surface area (Å²) in [6, 6.07) is 7.41. The fraction of sp³-hybridized carbons (Fsp3) is 0.471. The van der Waals surface area contributed by atoms with E-state index in [0.717, 1.165) is 11.5 Å². The number of nitrogens with zero attached hydrogens (tertiary/aromatic N) is 4. The van der Waals surface area contributed by atoms with Crippen LogP contribution in [0.2, 0.25) is 0 Å². The topological polar surface area (TPSA) is 68.2 Å². The smallest absolute Gasteiger partial charge is 0.254 e. The van der Waals surface area contributed by atoms with Crippen molar-refractivity contribution in [1.29, 1.82) is 0 Å². The maximum absolute atomic E-state index is 12.4. The first-order chi connectivity index (χ1) is 11.4. The molecule has 0 saturated carbocycles. The van der Waals surface area contributed by atoms with Crippen LogP contribution in [-0.4, -0.2) is 80.3 Å². The molecule has 2 rings (SSSR count). The molecule has 1 aromatic carbocycles. The van der Waals surface area contributed by atoms with Crippen molar-refractivity contribution < 1.29 is 9.59 Å². The van der Waals surface area contributed by atoms with Crippen molar-refractivity contribution >= 4 is 41.8 Å². The lowest BCUT2D eigenvalue weighted by Gasteiger charge is -2.26. The maximum atomic E-state index is 12.4. The molecule has 138 valence electrons. The van der Waals surface area contributed by atoms with E-state index in [1.165, 1.54) is 0 Å². The number of benzene rings is 1. The van der Waals surface area contributed by atoms with E-state index in [1.807, 2.05) is 50.1 Å². The number of hydrogen-bond donors (Lipinski definition) is 1. The van der Waals surface area contributed by atoms with Gasteiger partial charge in [0.15, 0.2) is 5.96 Å². The van der Waals surface area contributed by atoms with E-state index in [9.17, 15) is 9.59 Å². The predicted octanol–water partition coefficient (Wildman–Crippen LogP) is 0.856. The van der Waals surface area contributed by atoms with E-state index in [1.54, 1.807) is 17.0 Å². The van der Waals surface area contributed by atoms with Gasteiger partial charge in [-0.05, 0) is 17.7 Å². The number of piperazine rings is 1. The lowest BCUT2D eigenvalue weighted by Crippen LogP contribution is -2.49. The van der Waals surface area contributed by atoms with Crippen LogP contribution in [0.25, 0.3) is 0 Å². The first-order valence-corrected chi connectivity index (χ1v) is 7.92. The van der Waals surface area contributed by atoms with Crippen molar-refractivity contribution in [2.45, 2.75) is 6.54 Å². The zero-order valence-corrected chi connectivity index (χ0v) is 17.5. The van der Waals surface area contributed by atoms with Crippen molar-refractivity contribution in [3.05, 3.63) is 35.4 Å². The third-order valence-corrected chi connectivity index (χ3v) is 3.73. The zero-order valence-electron chi connectivity index (χ0n) is 15.2. The highest BCUT2D eigenvalue weighted by molar-refractivity contribution is 14.0. The SMILES string of the molecule is CN(C)C(=NCc1ccc(C(=O)N2CCNC(=O)C2)cc1)N(C)C.I. The number of rotatable bonds is 3. The Bertz CT molecular complexity index is 618. The Kier molecular flexibility index (Phi) is 8.14. The van der Waals surface area contributed by atoms with Crippen LogP contribution in [-0.2, 0) is 11.3 Å². The summed E-state index contributed by atoms with van der Waals surface area (Å²) in [5.41, 5.74) is 1.63. The number of carbonyl (C=O) groups excluding carboxylic acids is 2. The number of nitrogens with one attached hydrogen (secondary N) is 1. The van der Waals surface area contributed by atoms with Crippen LogP contribution in [0.3, 0.4) is 0 Å². The van der Waals surface area contributed by atoms with Gasteiger partial charge in [0.25, 0.3) is 5.91 Å². The molecule has 1 aliphatic heterocycles. The Labute approximate surface area is 166 Å². The van der Waals surface area contributed by atoms with Crippen molar-refractivity contribution in [2.24, 2.45) is 4.99 Å². The van der Waals surface area contributed by atoms with E-state index in [-0.39, 0.29) is 42.3 Å². The maximum Gasteiger partial charge on any atom is 0.254 e. The summed E-state index contributed by atoms with van der Waals surface area (Å²) in [5.74, 6) is 0.664. The fourth-order valence-electron chi connectivity index (χ4n) is 2.59. The molecule has 0 atom stereocenters. The van der Waals surface area contributed by atoms with E-state index >= 15 is 0 Å².